The van der Waals surface area contributed by atoms with E-state index in [2.05, 4.69) is 40.2 Å². The molecule has 0 bridgehead atoms. The maximum Gasteiger partial charge on any atom is 0.221 e. The van der Waals surface area contributed by atoms with Gasteiger partial charge in [-0.25, -0.2) is 0 Å². The normalized spacial score (nSPS) is 13.4. The van der Waals surface area contributed by atoms with Crippen molar-refractivity contribution in [3.8, 4) is 12.3 Å². The lowest BCUT2D eigenvalue weighted by Crippen LogP contribution is -2.33. The Bertz CT molecular complexity index is 247. The Morgan fingerprint density at radius 2 is 2.12 bits per heavy atom. The van der Waals surface area contributed by atoms with Gasteiger partial charge in [0.05, 0.1) is 6.10 Å². The van der Waals surface area contributed by atoms with Gasteiger partial charge in [0.15, 0.2) is 0 Å². The molecular formula is C15H27OSi. The summed E-state index contributed by atoms with van der Waals surface area (Å²) in [6.07, 6.45) is 11.9. The minimum atomic E-state index is -0.875. The van der Waals surface area contributed by atoms with Crippen LogP contribution in [0, 0.1) is 12.3 Å². The fourth-order valence-electron chi connectivity index (χ4n) is 1.63. The highest BCUT2D eigenvalue weighted by Crippen LogP contribution is 2.31. The van der Waals surface area contributed by atoms with Crippen LogP contribution in [0.2, 0.25) is 11.1 Å². The molecule has 0 aromatic heterocycles. The first-order valence-electron chi connectivity index (χ1n) is 6.53. The summed E-state index contributed by atoms with van der Waals surface area (Å²) < 4.78 is 6.29. The topological polar surface area (TPSA) is 9.23 Å². The van der Waals surface area contributed by atoms with Gasteiger partial charge >= 0.3 is 0 Å². The van der Waals surface area contributed by atoms with Crippen LogP contribution in [0.3, 0.4) is 0 Å². The average molecular weight is 251 g/mol. The molecule has 0 spiro atoms. The molecule has 0 aliphatic carbocycles. The Hall–Kier alpha value is -0.523. The third-order valence-corrected chi connectivity index (χ3v) is 5.65. The van der Waals surface area contributed by atoms with Crippen molar-refractivity contribution in [2.24, 2.45) is 0 Å². The van der Waals surface area contributed by atoms with Gasteiger partial charge in [0.1, 0.15) is 0 Å². The van der Waals surface area contributed by atoms with Crippen molar-refractivity contribution in [1.29, 1.82) is 0 Å². The lowest BCUT2D eigenvalue weighted by Gasteiger charge is -2.31. The number of allylic oxidation sites excluding steroid dienone is 1. The molecular weight excluding hydrogens is 224 g/mol. The number of hydrogen-bond acceptors (Lipinski definition) is 1. The van der Waals surface area contributed by atoms with Gasteiger partial charge in [-0.1, -0.05) is 46.6 Å². The second kappa shape index (κ2) is 8.55. The van der Waals surface area contributed by atoms with Gasteiger partial charge in [-0.2, -0.15) is 0 Å². The Kier molecular flexibility index (Phi) is 8.29. The Morgan fingerprint density at radius 3 is 2.53 bits per heavy atom. The van der Waals surface area contributed by atoms with E-state index in [1.54, 1.807) is 0 Å². The van der Waals surface area contributed by atoms with Crippen LogP contribution in [0.4, 0.5) is 0 Å². The van der Waals surface area contributed by atoms with Gasteiger partial charge in [0.2, 0.25) is 9.04 Å². The lowest BCUT2D eigenvalue weighted by atomic mass is 10.1. The fourth-order valence-corrected chi connectivity index (χ4v) is 3.56. The summed E-state index contributed by atoms with van der Waals surface area (Å²) in [4.78, 5) is 0. The van der Waals surface area contributed by atoms with E-state index in [0.29, 0.717) is 0 Å². The second-order valence-corrected chi connectivity index (χ2v) is 8.45. The van der Waals surface area contributed by atoms with Gasteiger partial charge in [-0.15, -0.1) is 18.9 Å². The van der Waals surface area contributed by atoms with E-state index in [0.717, 1.165) is 18.9 Å². The first kappa shape index (κ1) is 16.5. The second-order valence-electron chi connectivity index (χ2n) is 5.46. The summed E-state index contributed by atoms with van der Waals surface area (Å²) in [5.41, 5.74) is 0. The predicted molar refractivity (Wildman–Crippen MR) is 78.3 cm³/mol. The van der Waals surface area contributed by atoms with Crippen molar-refractivity contribution in [3.63, 3.8) is 0 Å². The smallest absolute Gasteiger partial charge is 0.221 e. The van der Waals surface area contributed by atoms with Gasteiger partial charge in [-0.3, -0.25) is 0 Å². The highest BCUT2D eigenvalue weighted by atomic mass is 28.3. The molecule has 0 amide bonds. The quantitative estimate of drug-likeness (QED) is 0.349. The molecule has 97 valence electrons. The molecule has 17 heavy (non-hydrogen) atoms. The summed E-state index contributed by atoms with van der Waals surface area (Å²) in [5, 5.41) is 0.234. The molecule has 1 radical (unpaired) electrons. The third-order valence-electron chi connectivity index (χ3n) is 2.70. The van der Waals surface area contributed by atoms with Gasteiger partial charge in [0, 0.05) is 6.42 Å². The predicted octanol–water partition coefficient (Wildman–Crippen LogP) is 4.56. The van der Waals surface area contributed by atoms with Crippen LogP contribution >= 0.6 is 0 Å². The molecule has 0 N–H and O–H groups in total. The molecule has 1 nitrogen and oxygen atoms in total. The van der Waals surface area contributed by atoms with E-state index in [9.17, 15) is 0 Å². The SMILES string of the molecule is C#CC[C@@H](CCCC)O[Si](CC=C)C(C)(C)C. The van der Waals surface area contributed by atoms with Crippen LogP contribution in [0.15, 0.2) is 12.7 Å². The summed E-state index contributed by atoms with van der Waals surface area (Å²) in [7, 11) is -0.875. The highest BCUT2D eigenvalue weighted by Gasteiger charge is 2.30. The maximum absolute atomic E-state index is 6.29. The zero-order valence-electron chi connectivity index (χ0n) is 11.9. The van der Waals surface area contributed by atoms with Crippen molar-refractivity contribution in [2.75, 3.05) is 0 Å². The van der Waals surface area contributed by atoms with Gasteiger partial charge in [0.25, 0.3) is 0 Å². The van der Waals surface area contributed by atoms with E-state index in [1.165, 1.54) is 12.8 Å². The van der Waals surface area contributed by atoms with Crippen LogP contribution in [-0.4, -0.2) is 15.1 Å². The number of rotatable bonds is 8. The Labute approximate surface area is 109 Å². The molecule has 0 fully saturated rings. The number of unbranched alkanes of at least 4 members (excludes halogenated alkanes) is 1. The van der Waals surface area contributed by atoms with E-state index in [-0.39, 0.29) is 11.1 Å². The third kappa shape index (κ3) is 7.41. The van der Waals surface area contributed by atoms with Crippen LogP contribution in [0.5, 0.6) is 0 Å². The Morgan fingerprint density at radius 1 is 1.47 bits per heavy atom. The number of hydrogen-bond donors (Lipinski definition) is 0. The standard InChI is InChI=1S/C15H27OSi/c1-7-10-12-14(11-8-2)16-17(13-9-3)15(4,5)6/h2,9,14H,3,7,10-13H2,1,4-6H3/t14-/m0/s1. The van der Waals surface area contributed by atoms with Crippen LogP contribution in [-0.2, 0) is 4.43 Å². The lowest BCUT2D eigenvalue weighted by molar-refractivity contribution is 0.183. The van der Waals surface area contributed by atoms with Crippen molar-refractivity contribution in [1.82, 2.24) is 0 Å². The van der Waals surface area contributed by atoms with Crippen LogP contribution in [0.1, 0.15) is 53.4 Å². The molecule has 0 aliphatic rings. The molecule has 0 aliphatic heterocycles. The zero-order chi connectivity index (χ0) is 13.3. The highest BCUT2D eigenvalue weighted by molar-refractivity contribution is 6.55. The molecule has 0 aromatic rings. The molecule has 0 saturated carbocycles. The fraction of sp³-hybridized carbons (Fsp3) is 0.733. The minimum Gasteiger partial charge on any atom is -0.412 e. The van der Waals surface area contributed by atoms with Crippen molar-refractivity contribution >= 4 is 9.04 Å². The van der Waals surface area contributed by atoms with Crippen LogP contribution < -0.4 is 0 Å². The minimum absolute atomic E-state index is 0.234. The zero-order valence-corrected chi connectivity index (χ0v) is 12.9. The molecule has 0 heterocycles. The summed E-state index contributed by atoms with van der Waals surface area (Å²) >= 11 is 0. The first-order chi connectivity index (χ1) is 7.95. The molecule has 0 rings (SSSR count). The van der Waals surface area contributed by atoms with Gasteiger partial charge in [-0.05, 0) is 17.5 Å². The van der Waals surface area contributed by atoms with E-state index >= 15 is 0 Å². The van der Waals surface area contributed by atoms with Gasteiger partial charge < -0.3 is 4.43 Å². The van der Waals surface area contributed by atoms with Crippen molar-refractivity contribution < 1.29 is 4.43 Å². The van der Waals surface area contributed by atoms with E-state index in [4.69, 9.17) is 10.8 Å². The average Bonchev–Trinajstić information content (AvgIpc) is 2.24. The summed E-state index contributed by atoms with van der Waals surface area (Å²) in [6, 6.07) is 0.987. The van der Waals surface area contributed by atoms with Crippen LogP contribution in [0.25, 0.3) is 0 Å². The molecule has 0 saturated heterocycles. The molecule has 1 atom stereocenters. The monoisotopic (exact) mass is 251 g/mol. The van der Waals surface area contributed by atoms with E-state index < -0.39 is 9.04 Å². The Balaban J connectivity index is 4.45. The number of terminal acetylenes is 1. The molecule has 2 heteroatoms. The van der Waals surface area contributed by atoms with Crippen molar-refractivity contribution in [3.05, 3.63) is 12.7 Å². The van der Waals surface area contributed by atoms with E-state index in [1.807, 2.05) is 6.08 Å². The maximum atomic E-state index is 6.29. The summed E-state index contributed by atoms with van der Waals surface area (Å²) in [6.45, 7) is 12.8. The summed E-state index contributed by atoms with van der Waals surface area (Å²) in [5.74, 6) is 2.74. The largest absolute Gasteiger partial charge is 0.412 e. The molecule has 0 unspecified atom stereocenters. The molecule has 0 aromatic carbocycles. The van der Waals surface area contributed by atoms with Crippen molar-refractivity contribution in [2.45, 2.75) is 70.6 Å². The first-order valence-corrected chi connectivity index (χ1v) is 8.14.